The summed E-state index contributed by atoms with van der Waals surface area (Å²) in [5.74, 6) is -0.465. The fourth-order valence-electron chi connectivity index (χ4n) is 3.58. The Hall–Kier alpha value is -2.45. The minimum Gasteiger partial charge on any atom is -0.507 e. The van der Waals surface area contributed by atoms with Crippen LogP contribution in [-0.2, 0) is 36.4 Å². The molecule has 0 spiro atoms. The van der Waals surface area contributed by atoms with E-state index in [9.17, 15) is 14.7 Å². The van der Waals surface area contributed by atoms with Gasteiger partial charge in [-0.15, -0.1) is 11.3 Å². The van der Waals surface area contributed by atoms with Gasteiger partial charge in [0.1, 0.15) is 10.8 Å². The second kappa shape index (κ2) is 11.3. The van der Waals surface area contributed by atoms with Crippen molar-refractivity contribution in [3.05, 3.63) is 33.6 Å². The van der Waals surface area contributed by atoms with Crippen molar-refractivity contribution in [2.24, 2.45) is 0 Å². The van der Waals surface area contributed by atoms with Crippen LogP contribution >= 0.6 is 11.3 Å². The number of thiazole rings is 1. The largest absolute Gasteiger partial charge is 0.507 e. The number of rotatable bonds is 9. The molecule has 0 saturated heterocycles. The Kier molecular flexibility index (Phi) is 9.25. The number of hydrogen-bond acceptors (Lipinski definition) is 8. The maximum atomic E-state index is 12.0. The minimum atomic E-state index is -0.397. The van der Waals surface area contributed by atoms with Gasteiger partial charge in [-0.2, -0.15) is 0 Å². The molecule has 0 bridgehead atoms. The van der Waals surface area contributed by atoms with Crippen molar-refractivity contribution >= 4 is 23.3 Å². The van der Waals surface area contributed by atoms with E-state index in [-0.39, 0.29) is 37.1 Å². The van der Waals surface area contributed by atoms with E-state index in [1.165, 1.54) is 11.3 Å². The number of aromatic nitrogens is 1. The summed E-state index contributed by atoms with van der Waals surface area (Å²) in [6.07, 6.45) is 0. The van der Waals surface area contributed by atoms with E-state index in [4.69, 9.17) is 14.5 Å². The molecule has 34 heavy (non-hydrogen) atoms. The van der Waals surface area contributed by atoms with E-state index in [1.807, 2.05) is 17.5 Å². The fourth-order valence-corrected chi connectivity index (χ4v) is 4.42. The number of phenols is 1. The number of carbonyl (C=O) groups excluding carboxylic acids is 2. The predicted octanol–water partition coefficient (Wildman–Crippen LogP) is 5.04. The van der Waals surface area contributed by atoms with Gasteiger partial charge >= 0.3 is 11.9 Å². The number of benzene rings is 1. The van der Waals surface area contributed by atoms with Gasteiger partial charge < -0.3 is 14.6 Å². The van der Waals surface area contributed by atoms with Crippen LogP contribution in [-0.4, -0.2) is 53.2 Å². The monoisotopic (exact) mass is 490 g/mol. The average molecular weight is 491 g/mol. The van der Waals surface area contributed by atoms with Gasteiger partial charge in [-0.05, 0) is 36.8 Å². The van der Waals surface area contributed by atoms with E-state index in [0.29, 0.717) is 12.3 Å². The lowest BCUT2D eigenvalue weighted by atomic mass is 9.78. The average Bonchev–Trinajstić information content (AvgIpc) is 3.15. The number of ether oxygens (including phenoxy) is 2. The second-order valence-corrected chi connectivity index (χ2v) is 11.2. The highest BCUT2D eigenvalue weighted by molar-refractivity contribution is 7.09. The first kappa shape index (κ1) is 27.8. The molecule has 1 aromatic carbocycles. The van der Waals surface area contributed by atoms with E-state index >= 15 is 0 Å². The Morgan fingerprint density at radius 2 is 1.41 bits per heavy atom. The topological polar surface area (TPSA) is 89.0 Å². The molecule has 0 aliphatic carbocycles. The van der Waals surface area contributed by atoms with Gasteiger partial charge in [-0.25, -0.2) is 4.98 Å². The van der Waals surface area contributed by atoms with Crippen LogP contribution in [0.15, 0.2) is 17.5 Å². The number of nitrogens with zero attached hydrogens (tertiary/aromatic N) is 2. The molecule has 0 radical (unpaired) electrons. The zero-order valence-corrected chi connectivity index (χ0v) is 22.5. The fraction of sp³-hybridized carbons (Fsp3) is 0.577. The first-order valence-corrected chi connectivity index (χ1v) is 12.5. The quantitative estimate of drug-likeness (QED) is 0.493. The van der Waals surface area contributed by atoms with Crippen molar-refractivity contribution < 1.29 is 24.2 Å². The van der Waals surface area contributed by atoms with Crippen LogP contribution in [0.4, 0.5) is 0 Å². The SMILES string of the molecule is CCOC(=O)CN(CC(=O)OCC)Cc1nc(-c2cc(C(C)(C)C)c(O)c(C(C)(C)C)c2)cs1. The molecule has 7 nitrogen and oxygen atoms in total. The van der Waals surface area contributed by atoms with E-state index in [0.717, 1.165) is 27.4 Å². The normalized spacial score (nSPS) is 12.1. The molecule has 0 saturated carbocycles. The molecule has 1 heterocycles. The summed E-state index contributed by atoms with van der Waals surface area (Å²) in [5, 5.41) is 13.7. The van der Waals surface area contributed by atoms with Crippen molar-refractivity contribution in [1.29, 1.82) is 0 Å². The minimum absolute atomic E-state index is 0.0247. The predicted molar refractivity (Wildman–Crippen MR) is 135 cm³/mol. The molecule has 1 aromatic heterocycles. The van der Waals surface area contributed by atoms with E-state index in [2.05, 4.69) is 41.5 Å². The standard InChI is InChI=1S/C26H38N2O5S/c1-9-32-22(29)14-28(15-23(30)33-10-2)13-21-27-20(16-34-21)17-11-18(25(3,4)5)24(31)19(12-17)26(6,7)8/h11-12,16,31H,9-10,13-15H2,1-8H3. The first-order chi connectivity index (χ1) is 15.8. The number of carbonyl (C=O) groups is 2. The summed E-state index contributed by atoms with van der Waals surface area (Å²) < 4.78 is 10.1. The van der Waals surface area contributed by atoms with Crippen molar-refractivity contribution in [3.8, 4) is 17.0 Å². The molecule has 0 aliphatic heterocycles. The zero-order chi connectivity index (χ0) is 25.7. The molecule has 2 aromatic rings. The number of hydrogen-bond donors (Lipinski definition) is 1. The molecule has 0 fully saturated rings. The third kappa shape index (κ3) is 7.53. The maximum absolute atomic E-state index is 12.0. The molecule has 188 valence electrons. The molecule has 0 unspecified atom stereocenters. The number of esters is 2. The molecule has 0 aliphatic rings. The van der Waals surface area contributed by atoms with Crippen molar-refractivity contribution in [1.82, 2.24) is 9.88 Å². The highest BCUT2D eigenvalue weighted by Gasteiger charge is 2.27. The Labute approximate surface area is 207 Å². The Morgan fingerprint density at radius 3 is 1.82 bits per heavy atom. The summed E-state index contributed by atoms with van der Waals surface area (Å²) >= 11 is 1.46. The van der Waals surface area contributed by atoms with Crippen LogP contribution in [0.2, 0.25) is 0 Å². The van der Waals surface area contributed by atoms with E-state index < -0.39 is 11.9 Å². The summed E-state index contributed by atoms with van der Waals surface area (Å²) in [6.45, 7) is 16.8. The zero-order valence-electron chi connectivity index (χ0n) is 21.7. The molecule has 8 heteroatoms. The molecule has 0 atom stereocenters. The lowest BCUT2D eigenvalue weighted by Crippen LogP contribution is -2.35. The first-order valence-electron chi connectivity index (χ1n) is 11.6. The van der Waals surface area contributed by atoms with Crippen molar-refractivity contribution in [2.75, 3.05) is 26.3 Å². The van der Waals surface area contributed by atoms with E-state index in [1.54, 1.807) is 18.7 Å². The van der Waals surface area contributed by atoms with Crippen LogP contribution in [0.5, 0.6) is 5.75 Å². The highest BCUT2D eigenvalue weighted by atomic mass is 32.1. The Bertz CT molecular complexity index is 946. The third-order valence-corrected chi connectivity index (χ3v) is 6.08. The van der Waals surface area contributed by atoms with Gasteiger partial charge in [0.2, 0.25) is 0 Å². The molecule has 0 amide bonds. The second-order valence-electron chi connectivity index (χ2n) is 10.3. The summed E-state index contributed by atoms with van der Waals surface area (Å²) in [4.78, 5) is 30.6. The molecular weight excluding hydrogens is 452 g/mol. The number of phenolic OH excluding ortho intramolecular Hbond substituents is 1. The Morgan fingerprint density at radius 1 is 0.941 bits per heavy atom. The Balaban J connectivity index is 2.38. The summed E-state index contributed by atoms with van der Waals surface area (Å²) in [7, 11) is 0. The van der Waals surface area contributed by atoms with Crippen LogP contribution in [0.3, 0.4) is 0 Å². The maximum Gasteiger partial charge on any atom is 0.320 e. The third-order valence-electron chi connectivity index (χ3n) is 5.25. The van der Waals surface area contributed by atoms with Gasteiger partial charge in [0.15, 0.2) is 0 Å². The summed E-state index contributed by atoms with van der Waals surface area (Å²) in [6, 6.07) is 4.00. The molecule has 2 rings (SSSR count). The number of aromatic hydroxyl groups is 1. The smallest absolute Gasteiger partial charge is 0.320 e. The van der Waals surface area contributed by atoms with Crippen LogP contribution in [0.25, 0.3) is 11.3 Å². The van der Waals surface area contributed by atoms with Gasteiger partial charge in [0, 0.05) is 22.1 Å². The van der Waals surface area contributed by atoms with Crippen LogP contribution < -0.4 is 0 Å². The molecule has 1 N–H and O–H groups in total. The van der Waals surface area contributed by atoms with Crippen LogP contribution in [0.1, 0.15) is 71.5 Å². The van der Waals surface area contributed by atoms with Gasteiger partial charge in [-0.1, -0.05) is 41.5 Å². The molecular formula is C26H38N2O5S. The summed E-state index contributed by atoms with van der Waals surface area (Å²) in [5.41, 5.74) is 2.98. The van der Waals surface area contributed by atoms with Gasteiger partial charge in [0.25, 0.3) is 0 Å². The lowest BCUT2D eigenvalue weighted by Gasteiger charge is -2.28. The lowest BCUT2D eigenvalue weighted by molar-refractivity contribution is -0.148. The van der Waals surface area contributed by atoms with Crippen molar-refractivity contribution in [3.63, 3.8) is 0 Å². The van der Waals surface area contributed by atoms with Crippen LogP contribution in [0, 0.1) is 0 Å². The van der Waals surface area contributed by atoms with Gasteiger partial charge in [-0.3, -0.25) is 14.5 Å². The highest BCUT2D eigenvalue weighted by Crippen LogP contribution is 2.42. The van der Waals surface area contributed by atoms with Gasteiger partial charge in [0.05, 0.1) is 38.5 Å². The van der Waals surface area contributed by atoms with Crippen molar-refractivity contribution in [2.45, 2.75) is 72.8 Å².